The highest BCUT2D eigenvalue weighted by molar-refractivity contribution is 8.13. The maximum Gasteiger partial charge on any atom is 0.220 e. The van der Waals surface area contributed by atoms with Crippen molar-refractivity contribution in [2.24, 2.45) is 88.8 Å². The lowest BCUT2D eigenvalue weighted by molar-refractivity contribution is -0.315. The molecule has 13 nitrogen and oxygen atoms in total. The van der Waals surface area contributed by atoms with Crippen LogP contribution in [0.15, 0.2) is 0 Å². The van der Waals surface area contributed by atoms with Gasteiger partial charge in [0.15, 0.2) is 36.6 Å². The van der Waals surface area contributed by atoms with Crippen molar-refractivity contribution in [2.75, 3.05) is 45.3 Å². The number of hydrogen-bond donors (Lipinski definition) is 1. The number of nitrogens with one attached hydrogen (secondary N) is 1. The molecule has 14 heteroatoms. The quantitative estimate of drug-likeness (QED) is 0.109. The second kappa shape index (κ2) is 26.9. The van der Waals surface area contributed by atoms with E-state index in [1.54, 1.807) is 0 Å². The van der Waals surface area contributed by atoms with E-state index in [2.05, 4.69) is 116 Å². The second-order valence-corrected chi connectivity index (χ2v) is 23.8. The highest BCUT2D eigenvalue weighted by Crippen LogP contribution is 2.43. The van der Waals surface area contributed by atoms with E-state index in [1.807, 2.05) is 0 Å². The Morgan fingerprint density at radius 3 is 1.03 bits per heavy atom. The minimum absolute atomic E-state index is 0.0240. The molecule has 68 heavy (non-hydrogen) atoms. The highest BCUT2D eigenvalue weighted by Gasteiger charge is 2.47. The van der Waals surface area contributed by atoms with E-state index in [9.17, 15) is 9.59 Å². The van der Waals surface area contributed by atoms with Crippen molar-refractivity contribution in [1.82, 2.24) is 5.32 Å². The van der Waals surface area contributed by atoms with Gasteiger partial charge in [-0.3, -0.25) is 9.59 Å². The number of hydrogen-bond acceptors (Lipinski definition) is 13. The van der Waals surface area contributed by atoms with Crippen molar-refractivity contribution in [3.8, 4) is 0 Å². The lowest BCUT2D eigenvalue weighted by Gasteiger charge is -2.47. The van der Waals surface area contributed by atoms with Gasteiger partial charge in [-0.15, -0.1) is 0 Å². The first kappa shape index (κ1) is 58.0. The summed E-state index contributed by atoms with van der Waals surface area (Å²) in [5.41, 5.74) is 0. The van der Waals surface area contributed by atoms with Gasteiger partial charge in [-0.25, -0.2) is 0 Å². The molecule has 10 unspecified atom stereocenters. The fourth-order valence-corrected chi connectivity index (χ4v) is 11.8. The third-order valence-corrected chi connectivity index (χ3v) is 19.4. The second-order valence-electron chi connectivity index (χ2n) is 22.5. The molecule has 5 aliphatic rings. The molecule has 5 aliphatic heterocycles. The molecule has 1 N–H and O–H groups in total. The number of carbonyl (C=O) groups is 2. The van der Waals surface area contributed by atoms with Crippen molar-refractivity contribution >= 4 is 22.8 Å². The number of ether oxygens (including phenoxy) is 10. The van der Waals surface area contributed by atoms with Gasteiger partial charge in [-0.1, -0.05) is 123 Å². The molecule has 0 saturated carbocycles. The summed E-state index contributed by atoms with van der Waals surface area (Å²) >= 11 is 1.17. The molecule has 0 radical (unpaired) electrons. The molecule has 5 saturated heterocycles. The third kappa shape index (κ3) is 14.7. The molecule has 0 aromatic carbocycles. The Balaban J connectivity index is 1.10. The Morgan fingerprint density at radius 1 is 0.426 bits per heavy atom. The van der Waals surface area contributed by atoms with Crippen LogP contribution in [0.3, 0.4) is 0 Å². The molecule has 396 valence electrons. The van der Waals surface area contributed by atoms with Gasteiger partial charge in [0.25, 0.3) is 0 Å². The summed E-state index contributed by atoms with van der Waals surface area (Å²) in [5.74, 6) is 5.11. The lowest BCUT2D eigenvalue weighted by atomic mass is 9.78. The van der Waals surface area contributed by atoms with Crippen LogP contribution in [0.25, 0.3) is 0 Å². The van der Waals surface area contributed by atoms with Crippen LogP contribution in [0.2, 0.25) is 0 Å². The molecular formula is C54H97NO12S. The first-order chi connectivity index (χ1) is 32.2. The lowest BCUT2D eigenvalue weighted by Crippen LogP contribution is -2.53. The summed E-state index contributed by atoms with van der Waals surface area (Å²) in [5, 5.41) is 2.95. The summed E-state index contributed by atoms with van der Waals surface area (Å²) in [6, 6.07) is 0. The Bertz CT molecular complexity index is 1530. The number of thioether (sulfide) groups is 1. The first-order valence-corrected chi connectivity index (χ1v) is 27.9. The zero-order chi connectivity index (χ0) is 50.1. The molecule has 5 heterocycles. The highest BCUT2D eigenvalue weighted by atomic mass is 32.2. The number of rotatable bonds is 21. The van der Waals surface area contributed by atoms with Gasteiger partial charge in [0.1, 0.15) is 0 Å². The third-order valence-electron chi connectivity index (χ3n) is 18.6. The molecule has 5 rings (SSSR count). The van der Waals surface area contributed by atoms with E-state index in [1.165, 1.54) is 18.7 Å². The standard InChI is InChI=1S/C54H97NO12S/c1-18-44-33(7)28(2)39(13)51(63-44)59-25-46-35(9)30(4)41(15)53(65-46)61-27-48-37(11)32(6)42(16)54(67-48)62-26-47-36(10)31(5)40(14)52(66-47)60-24-45-34(8)29(3)38(12)50(64-45)58-22-19-21-55-49(57)20-23-68-43(17)56/h28-42,44-48,50-54H,18-27H2,1-17H3,(H,55,57)/t28-,29-,30-,31-,32-,33+,34+,35+,36+,37+,38?,39?,40?,41?,42?,44?,45?,46?,47?,48?,50+,51+,52+,53+,54+/m0/s1. The Hall–Kier alpha value is -0.910. The monoisotopic (exact) mass is 984 g/mol. The normalized spacial score (nSPS) is 45.8. The van der Waals surface area contributed by atoms with E-state index in [0.29, 0.717) is 106 Å². The zero-order valence-electron chi connectivity index (χ0n) is 45.3. The van der Waals surface area contributed by atoms with Gasteiger partial charge in [-0.2, -0.15) is 0 Å². The average Bonchev–Trinajstić information content (AvgIpc) is 3.31. The van der Waals surface area contributed by atoms with Gasteiger partial charge >= 0.3 is 0 Å². The van der Waals surface area contributed by atoms with Gasteiger partial charge in [0.05, 0.1) is 63.6 Å². The summed E-state index contributed by atoms with van der Waals surface area (Å²) in [4.78, 5) is 23.3. The maximum absolute atomic E-state index is 12.1. The van der Waals surface area contributed by atoms with Crippen LogP contribution in [0.5, 0.6) is 0 Å². The molecule has 25 atom stereocenters. The van der Waals surface area contributed by atoms with Crippen LogP contribution in [0.1, 0.15) is 137 Å². The first-order valence-electron chi connectivity index (χ1n) is 26.9. The summed E-state index contributed by atoms with van der Waals surface area (Å²) in [6.07, 6.45) is -0.140. The van der Waals surface area contributed by atoms with Crippen molar-refractivity contribution in [3.05, 3.63) is 0 Å². The fraction of sp³-hybridized carbons (Fsp3) is 0.963. The summed E-state index contributed by atoms with van der Waals surface area (Å²) < 4.78 is 66.3. The van der Waals surface area contributed by atoms with Crippen LogP contribution in [0, 0.1) is 88.8 Å². The smallest absolute Gasteiger partial charge is 0.220 e. The summed E-state index contributed by atoms with van der Waals surface area (Å²) in [6.45, 7) is 40.3. The summed E-state index contributed by atoms with van der Waals surface area (Å²) in [7, 11) is 0. The molecule has 0 bridgehead atoms. The number of carbonyl (C=O) groups excluding carboxylic acids is 2. The van der Waals surface area contributed by atoms with Crippen molar-refractivity contribution < 1.29 is 57.0 Å². The van der Waals surface area contributed by atoms with Crippen LogP contribution in [-0.2, 0) is 57.0 Å². The van der Waals surface area contributed by atoms with Crippen molar-refractivity contribution in [3.63, 3.8) is 0 Å². The van der Waals surface area contributed by atoms with E-state index in [0.717, 1.165) is 6.42 Å². The minimum Gasteiger partial charge on any atom is -0.356 e. The minimum atomic E-state index is -0.405. The van der Waals surface area contributed by atoms with Crippen molar-refractivity contribution in [2.45, 2.75) is 199 Å². The van der Waals surface area contributed by atoms with E-state index in [-0.39, 0.29) is 102 Å². The Morgan fingerprint density at radius 2 is 0.721 bits per heavy atom. The molecule has 0 spiro atoms. The van der Waals surface area contributed by atoms with Crippen LogP contribution < -0.4 is 5.32 Å². The molecule has 0 aliphatic carbocycles. The van der Waals surface area contributed by atoms with Gasteiger partial charge in [-0.05, 0) is 72.0 Å². The molecular weight excluding hydrogens is 887 g/mol. The zero-order valence-corrected chi connectivity index (χ0v) is 46.1. The predicted octanol–water partition coefficient (Wildman–Crippen LogP) is 9.82. The van der Waals surface area contributed by atoms with E-state index in [4.69, 9.17) is 47.4 Å². The molecule has 1 amide bonds. The SMILES string of the molecule is CCC1O[C@@H](OCC2O[C@@H](OCC3O[C@@H](OCC4O[C@@H](OCC5O[C@@H](OCCCNC(=O)CCSC(C)=O)C(C)[C@@H](C)[C@H]5C)C(C)[C@@H](C)[C@H]4C)C(C)[C@@H](C)[C@H]3C)C(C)[C@@H](C)[C@H]2C)C(C)[C@@H](C)[C@H]1C. The van der Waals surface area contributed by atoms with E-state index < -0.39 is 12.6 Å². The Labute approximate surface area is 416 Å². The fourth-order valence-electron chi connectivity index (χ4n) is 11.2. The van der Waals surface area contributed by atoms with E-state index >= 15 is 0 Å². The van der Waals surface area contributed by atoms with Crippen molar-refractivity contribution in [1.29, 1.82) is 0 Å². The van der Waals surface area contributed by atoms with Crippen LogP contribution in [-0.4, -0.2) is 118 Å². The Kier molecular flexibility index (Phi) is 22.9. The molecule has 5 fully saturated rings. The number of amides is 1. The predicted molar refractivity (Wildman–Crippen MR) is 266 cm³/mol. The topological polar surface area (TPSA) is 138 Å². The van der Waals surface area contributed by atoms with Crippen LogP contribution in [0.4, 0.5) is 0 Å². The largest absolute Gasteiger partial charge is 0.356 e. The maximum atomic E-state index is 12.1. The van der Waals surface area contributed by atoms with Crippen LogP contribution >= 0.6 is 11.8 Å². The van der Waals surface area contributed by atoms with Gasteiger partial charge in [0, 0.05) is 55.2 Å². The molecule has 0 aromatic heterocycles. The average molecular weight is 984 g/mol. The molecule has 0 aromatic rings. The van der Waals surface area contributed by atoms with Gasteiger partial charge in [0.2, 0.25) is 5.91 Å². The van der Waals surface area contributed by atoms with Gasteiger partial charge < -0.3 is 52.7 Å².